The molecule has 0 aliphatic rings. The van der Waals surface area contributed by atoms with Gasteiger partial charge in [0.05, 0.1) is 13.2 Å². The van der Waals surface area contributed by atoms with Gasteiger partial charge in [0.2, 0.25) is 0 Å². The van der Waals surface area contributed by atoms with Gasteiger partial charge in [-0.25, -0.2) is 0 Å². The van der Waals surface area contributed by atoms with E-state index in [1.807, 2.05) is 24.3 Å². The summed E-state index contributed by atoms with van der Waals surface area (Å²) in [6.07, 6.45) is 6.39. The second-order valence-electron chi connectivity index (χ2n) is 4.55. The number of hydrogen-bond donors (Lipinski definition) is 0. The zero-order chi connectivity index (χ0) is 16.0. The molecule has 5 heteroatoms. The van der Waals surface area contributed by atoms with Gasteiger partial charge in [-0.3, -0.25) is 0 Å². The molecule has 0 bridgehead atoms. The topological polar surface area (TPSA) is 27.7 Å². The van der Waals surface area contributed by atoms with E-state index in [1.165, 1.54) is 0 Å². The van der Waals surface area contributed by atoms with Crippen LogP contribution in [-0.2, 0) is 4.74 Å². The summed E-state index contributed by atoms with van der Waals surface area (Å²) in [5.74, 6) is 1.67. The normalized spacial score (nSPS) is 10.1. The van der Waals surface area contributed by atoms with Crippen LogP contribution in [0.4, 0.5) is 0 Å². The first-order valence-electron chi connectivity index (χ1n) is 7.28. The molecule has 1 rings (SSSR count). The standard InChI is InChI=1S/C17H22Cl2O3/c1-2-11-21-15-6-8-16(9-7-15)22-13-5-3-4-12-20-14-10-17(18)19/h2,6-10H,1,3-5,11-14H2. The Morgan fingerprint density at radius 2 is 1.55 bits per heavy atom. The molecular weight excluding hydrogens is 323 g/mol. The van der Waals surface area contributed by atoms with E-state index in [-0.39, 0.29) is 4.49 Å². The van der Waals surface area contributed by atoms with Gasteiger partial charge in [0.25, 0.3) is 0 Å². The molecule has 0 fully saturated rings. The van der Waals surface area contributed by atoms with Crippen molar-refractivity contribution < 1.29 is 14.2 Å². The highest BCUT2D eigenvalue weighted by atomic mass is 35.5. The van der Waals surface area contributed by atoms with Crippen molar-refractivity contribution >= 4 is 23.2 Å². The molecule has 22 heavy (non-hydrogen) atoms. The van der Waals surface area contributed by atoms with E-state index in [0.717, 1.165) is 30.8 Å². The first-order valence-corrected chi connectivity index (χ1v) is 8.03. The summed E-state index contributed by atoms with van der Waals surface area (Å²) in [7, 11) is 0. The molecular formula is C17H22Cl2O3. The van der Waals surface area contributed by atoms with Crippen LogP contribution in [0, 0.1) is 0 Å². The van der Waals surface area contributed by atoms with E-state index in [2.05, 4.69) is 6.58 Å². The summed E-state index contributed by atoms with van der Waals surface area (Å²) in [5, 5.41) is 0. The van der Waals surface area contributed by atoms with E-state index < -0.39 is 0 Å². The molecule has 0 spiro atoms. The summed E-state index contributed by atoms with van der Waals surface area (Å²) in [6.45, 7) is 5.97. The van der Waals surface area contributed by atoms with Crippen LogP contribution in [0.15, 0.2) is 47.5 Å². The second-order valence-corrected chi connectivity index (χ2v) is 5.56. The highest BCUT2D eigenvalue weighted by Crippen LogP contribution is 2.17. The maximum absolute atomic E-state index is 5.66. The molecule has 0 atom stereocenters. The molecule has 0 saturated carbocycles. The molecule has 0 aliphatic heterocycles. The maximum Gasteiger partial charge on any atom is 0.120 e. The minimum atomic E-state index is 0.245. The first-order chi connectivity index (χ1) is 10.7. The van der Waals surface area contributed by atoms with Crippen LogP contribution in [-0.4, -0.2) is 26.4 Å². The maximum atomic E-state index is 5.66. The molecule has 0 unspecified atom stereocenters. The van der Waals surface area contributed by atoms with E-state index in [1.54, 1.807) is 12.2 Å². The van der Waals surface area contributed by atoms with Gasteiger partial charge in [0, 0.05) is 6.61 Å². The van der Waals surface area contributed by atoms with Crippen molar-refractivity contribution in [3.63, 3.8) is 0 Å². The molecule has 0 aromatic heterocycles. The van der Waals surface area contributed by atoms with Gasteiger partial charge in [0.15, 0.2) is 0 Å². The lowest BCUT2D eigenvalue weighted by Gasteiger charge is -2.08. The number of rotatable bonds is 12. The van der Waals surface area contributed by atoms with Gasteiger partial charge >= 0.3 is 0 Å². The predicted molar refractivity (Wildman–Crippen MR) is 92.1 cm³/mol. The summed E-state index contributed by atoms with van der Waals surface area (Å²) in [4.78, 5) is 0. The van der Waals surface area contributed by atoms with Crippen molar-refractivity contribution in [2.75, 3.05) is 26.4 Å². The molecule has 3 nitrogen and oxygen atoms in total. The summed E-state index contributed by atoms with van der Waals surface area (Å²) in [6, 6.07) is 7.60. The lowest BCUT2D eigenvalue weighted by Crippen LogP contribution is -2.00. The number of benzene rings is 1. The SMILES string of the molecule is C=CCOc1ccc(OCCCCCOCC=C(Cl)Cl)cc1. The summed E-state index contributed by atoms with van der Waals surface area (Å²) < 4.78 is 16.7. The van der Waals surface area contributed by atoms with E-state index >= 15 is 0 Å². The lowest BCUT2D eigenvalue weighted by molar-refractivity contribution is 0.155. The van der Waals surface area contributed by atoms with Crippen molar-refractivity contribution in [2.24, 2.45) is 0 Å². The Hall–Kier alpha value is -1.16. The Morgan fingerprint density at radius 1 is 0.909 bits per heavy atom. The first kappa shape index (κ1) is 18.9. The molecule has 0 saturated heterocycles. The van der Waals surface area contributed by atoms with E-state index in [9.17, 15) is 0 Å². The third-order valence-corrected chi connectivity index (χ3v) is 3.06. The number of halogens is 2. The third-order valence-electron chi connectivity index (χ3n) is 2.75. The van der Waals surface area contributed by atoms with Crippen LogP contribution in [0.2, 0.25) is 0 Å². The molecule has 1 aromatic rings. The van der Waals surface area contributed by atoms with Crippen LogP contribution in [0.25, 0.3) is 0 Å². The Balaban J connectivity index is 2.02. The molecule has 0 aliphatic carbocycles. The van der Waals surface area contributed by atoms with Crippen molar-refractivity contribution in [2.45, 2.75) is 19.3 Å². The Labute approximate surface area is 142 Å². The smallest absolute Gasteiger partial charge is 0.120 e. The Kier molecular flexibility index (Phi) is 10.6. The molecule has 0 heterocycles. The molecule has 1 aromatic carbocycles. The van der Waals surface area contributed by atoms with Crippen LogP contribution in [0.1, 0.15) is 19.3 Å². The summed E-state index contributed by atoms with van der Waals surface area (Å²) in [5.41, 5.74) is 0. The molecule has 0 radical (unpaired) electrons. The minimum Gasteiger partial charge on any atom is -0.494 e. The minimum absolute atomic E-state index is 0.245. The van der Waals surface area contributed by atoms with Gasteiger partial charge < -0.3 is 14.2 Å². The number of unbranched alkanes of at least 4 members (excludes halogenated alkanes) is 2. The highest BCUT2D eigenvalue weighted by Gasteiger charge is 1.96. The van der Waals surface area contributed by atoms with Crippen molar-refractivity contribution in [3.05, 3.63) is 47.5 Å². The van der Waals surface area contributed by atoms with Crippen molar-refractivity contribution in [1.82, 2.24) is 0 Å². The van der Waals surface area contributed by atoms with Crippen LogP contribution in [0.3, 0.4) is 0 Å². The average Bonchev–Trinajstić information content (AvgIpc) is 2.52. The fourth-order valence-electron chi connectivity index (χ4n) is 1.67. The van der Waals surface area contributed by atoms with Gasteiger partial charge in [-0.05, 0) is 49.6 Å². The predicted octanol–water partition coefficient (Wildman–Crippen LogP) is 5.14. The fraction of sp³-hybridized carbons (Fsp3) is 0.412. The van der Waals surface area contributed by atoms with Gasteiger partial charge in [-0.1, -0.05) is 35.9 Å². The zero-order valence-corrected chi connectivity index (χ0v) is 14.1. The fourth-order valence-corrected chi connectivity index (χ4v) is 1.79. The second kappa shape index (κ2) is 12.4. The van der Waals surface area contributed by atoms with Crippen LogP contribution < -0.4 is 9.47 Å². The summed E-state index contributed by atoms with van der Waals surface area (Å²) >= 11 is 10.9. The largest absolute Gasteiger partial charge is 0.494 e. The van der Waals surface area contributed by atoms with Gasteiger partial charge in [0.1, 0.15) is 22.6 Å². The Bertz CT molecular complexity index is 440. The molecule has 0 amide bonds. The quantitative estimate of drug-likeness (QED) is 0.388. The zero-order valence-electron chi connectivity index (χ0n) is 12.6. The number of ether oxygens (including phenoxy) is 3. The highest BCUT2D eigenvalue weighted by molar-refractivity contribution is 6.55. The van der Waals surface area contributed by atoms with Gasteiger partial charge in [-0.2, -0.15) is 0 Å². The molecule has 122 valence electrons. The van der Waals surface area contributed by atoms with Crippen molar-refractivity contribution in [1.29, 1.82) is 0 Å². The molecule has 0 N–H and O–H groups in total. The number of hydrogen-bond acceptors (Lipinski definition) is 3. The lowest BCUT2D eigenvalue weighted by atomic mass is 10.2. The monoisotopic (exact) mass is 344 g/mol. The average molecular weight is 345 g/mol. The Morgan fingerprint density at radius 3 is 2.18 bits per heavy atom. The van der Waals surface area contributed by atoms with E-state index in [4.69, 9.17) is 37.4 Å². The third kappa shape index (κ3) is 9.72. The van der Waals surface area contributed by atoms with Crippen LogP contribution >= 0.6 is 23.2 Å². The van der Waals surface area contributed by atoms with Crippen LogP contribution in [0.5, 0.6) is 11.5 Å². The van der Waals surface area contributed by atoms with Gasteiger partial charge in [-0.15, -0.1) is 0 Å². The van der Waals surface area contributed by atoms with Crippen molar-refractivity contribution in [3.8, 4) is 11.5 Å². The van der Waals surface area contributed by atoms with E-state index in [0.29, 0.717) is 26.4 Å².